The number of carbonyl (C=O) groups is 1. The zero-order chi connectivity index (χ0) is 14.5. The predicted octanol–water partition coefficient (Wildman–Crippen LogP) is 1.18. The molecule has 20 heavy (non-hydrogen) atoms. The van der Waals surface area contributed by atoms with Gasteiger partial charge in [0.05, 0.1) is 0 Å². The molecule has 0 aliphatic carbocycles. The number of nitrogens with one attached hydrogen (secondary N) is 3. The molecule has 2 aromatic rings. The molecule has 0 fully saturated rings. The molecule has 0 spiro atoms. The van der Waals surface area contributed by atoms with E-state index in [1.54, 1.807) is 6.92 Å². The van der Waals surface area contributed by atoms with Crippen LogP contribution in [0.4, 0.5) is 0 Å². The highest BCUT2D eigenvalue weighted by molar-refractivity contribution is 5.99. The first-order chi connectivity index (χ1) is 9.65. The summed E-state index contributed by atoms with van der Waals surface area (Å²) < 4.78 is 0. The van der Waals surface area contributed by atoms with Crippen molar-refractivity contribution in [3.8, 4) is 0 Å². The Morgan fingerprint density at radius 2 is 2.00 bits per heavy atom. The summed E-state index contributed by atoms with van der Waals surface area (Å²) in [4.78, 5) is 26.9. The van der Waals surface area contributed by atoms with Crippen LogP contribution >= 0.6 is 0 Å². The fourth-order valence-electron chi connectivity index (χ4n) is 2.21. The second-order valence-corrected chi connectivity index (χ2v) is 4.61. The lowest BCUT2D eigenvalue weighted by Gasteiger charge is -2.09. The van der Waals surface area contributed by atoms with Gasteiger partial charge in [0.2, 0.25) is 0 Å². The third-order valence-electron chi connectivity index (χ3n) is 3.25. The van der Waals surface area contributed by atoms with Crippen molar-refractivity contribution < 1.29 is 4.79 Å². The van der Waals surface area contributed by atoms with Gasteiger partial charge in [0.15, 0.2) is 0 Å². The average Bonchev–Trinajstić information content (AvgIpc) is 2.43. The molecule has 5 nitrogen and oxygen atoms in total. The Kier molecular flexibility index (Phi) is 4.53. The van der Waals surface area contributed by atoms with E-state index in [0.29, 0.717) is 18.7 Å². The van der Waals surface area contributed by atoms with E-state index in [0.717, 1.165) is 17.4 Å². The second-order valence-electron chi connectivity index (χ2n) is 4.61. The smallest absolute Gasteiger partial charge is 0.261 e. The minimum absolute atomic E-state index is 0.195. The monoisotopic (exact) mass is 273 g/mol. The number of para-hydroxylation sites is 1. The van der Waals surface area contributed by atoms with Gasteiger partial charge in [-0.1, -0.05) is 25.1 Å². The van der Waals surface area contributed by atoms with E-state index in [-0.39, 0.29) is 17.0 Å². The number of fused-ring (bicyclic) bond motifs is 1. The molecule has 1 heterocycles. The molecule has 0 bridgehead atoms. The molecule has 1 aromatic carbocycles. The molecular weight excluding hydrogens is 254 g/mol. The van der Waals surface area contributed by atoms with Gasteiger partial charge in [-0.05, 0) is 25.1 Å². The summed E-state index contributed by atoms with van der Waals surface area (Å²) in [5.41, 5.74) is 1.31. The molecule has 1 aromatic heterocycles. The van der Waals surface area contributed by atoms with E-state index in [2.05, 4.69) is 15.6 Å². The van der Waals surface area contributed by atoms with Crippen LogP contribution in [0, 0.1) is 6.92 Å². The molecule has 0 saturated heterocycles. The number of pyridine rings is 1. The zero-order valence-corrected chi connectivity index (χ0v) is 11.7. The van der Waals surface area contributed by atoms with Gasteiger partial charge in [-0.2, -0.15) is 0 Å². The summed E-state index contributed by atoms with van der Waals surface area (Å²) in [5, 5.41) is 6.76. The van der Waals surface area contributed by atoms with Crippen molar-refractivity contribution in [3.63, 3.8) is 0 Å². The number of aromatic amines is 1. The largest absolute Gasteiger partial charge is 0.351 e. The maximum absolute atomic E-state index is 12.1. The van der Waals surface area contributed by atoms with E-state index in [9.17, 15) is 9.59 Å². The number of aromatic nitrogens is 1. The molecule has 0 aliphatic heterocycles. The van der Waals surface area contributed by atoms with Crippen molar-refractivity contribution in [1.29, 1.82) is 0 Å². The van der Waals surface area contributed by atoms with Crippen molar-refractivity contribution in [2.45, 2.75) is 13.8 Å². The number of benzene rings is 1. The molecule has 0 saturated carbocycles. The summed E-state index contributed by atoms with van der Waals surface area (Å²) in [5.74, 6) is -0.326. The van der Waals surface area contributed by atoms with Gasteiger partial charge in [0.25, 0.3) is 11.5 Å². The van der Waals surface area contributed by atoms with Gasteiger partial charge in [-0.15, -0.1) is 0 Å². The number of H-pyrrole nitrogens is 1. The number of carbonyl (C=O) groups excluding carboxylic acids is 1. The van der Waals surface area contributed by atoms with Crippen LogP contribution in [-0.4, -0.2) is 30.5 Å². The quantitative estimate of drug-likeness (QED) is 0.716. The topological polar surface area (TPSA) is 74.0 Å². The molecular formula is C15H19N3O2. The number of hydrogen-bond donors (Lipinski definition) is 3. The van der Waals surface area contributed by atoms with Crippen molar-refractivity contribution in [3.05, 3.63) is 45.7 Å². The highest BCUT2D eigenvalue weighted by Crippen LogP contribution is 2.16. The van der Waals surface area contributed by atoms with Crippen molar-refractivity contribution >= 4 is 16.8 Å². The molecule has 0 unspecified atom stereocenters. The maximum atomic E-state index is 12.1. The van der Waals surface area contributed by atoms with Crippen LogP contribution < -0.4 is 16.2 Å². The minimum atomic E-state index is -0.345. The summed E-state index contributed by atoms with van der Waals surface area (Å²) in [6, 6.07) is 7.47. The van der Waals surface area contributed by atoms with Crippen LogP contribution in [0.3, 0.4) is 0 Å². The molecule has 0 aliphatic rings. The molecule has 0 atom stereocenters. The Hall–Kier alpha value is -2.14. The Labute approximate surface area is 117 Å². The fraction of sp³-hybridized carbons (Fsp3) is 0.333. The fourth-order valence-corrected chi connectivity index (χ4v) is 2.21. The van der Waals surface area contributed by atoms with Crippen molar-refractivity contribution in [2.75, 3.05) is 19.6 Å². The van der Waals surface area contributed by atoms with E-state index in [4.69, 9.17) is 0 Å². The van der Waals surface area contributed by atoms with Crippen LogP contribution in [0.1, 0.15) is 22.8 Å². The number of amides is 1. The van der Waals surface area contributed by atoms with Crippen LogP contribution in [-0.2, 0) is 0 Å². The summed E-state index contributed by atoms with van der Waals surface area (Å²) in [7, 11) is 0. The number of likely N-dealkylation sites (N-methyl/N-ethyl adjacent to an activating group) is 1. The molecule has 106 valence electrons. The first kappa shape index (κ1) is 14.3. The second kappa shape index (κ2) is 6.34. The van der Waals surface area contributed by atoms with Gasteiger partial charge in [-0.25, -0.2) is 0 Å². The van der Waals surface area contributed by atoms with Crippen LogP contribution in [0.25, 0.3) is 10.9 Å². The van der Waals surface area contributed by atoms with Gasteiger partial charge >= 0.3 is 0 Å². The summed E-state index contributed by atoms with van der Waals surface area (Å²) >= 11 is 0. The van der Waals surface area contributed by atoms with Gasteiger partial charge < -0.3 is 15.6 Å². The van der Waals surface area contributed by atoms with Crippen LogP contribution in [0.2, 0.25) is 0 Å². The molecule has 1 amide bonds. The van der Waals surface area contributed by atoms with Gasteiger partial charge in [-0.3, -0.25) is 9.59 Å². The molecule has 5 heteroatoms. The van der Waals surface area contributed by atoms with Crippen molar-refractivity contribution in [2.24, 2.45) is 0 Å². The third kappa shape index (κ3) is 2.88. The SMILES string of the molecule is CCNCCNC(=O)c1c(C)c2ccccc2[nH]c1=O. The lowest BCUT2D eigenvalue weighted by Crippen LogP contribution is -2.35. The number of aryl methyl sites for hydroxylation is 1. The first-order valence-electron chi connectivity index (χ1n) is 6.75. The molecule has 2 rings (SSSR count). The van der Waals surface area contributed by atoms with Crippen molar-refractivity contribution in [1.82, 2.24) is 15.6 Å². The highest BCUT2D eigenvalue weighted by Gasteiger charge is 2.15. The molecule has 3 N–H and O–H groups in total. The Morgan fingerprint density at radius 1 is 1.25 bits per heavy atom. The van der Waals surface area contributed by atoms with E-state index in [1.807, 2.05) is 31.2 Å². The van der Waals surface area contributed by atoms with Gasteiger partial charge in [0.1, 0.15) is 5.56 Å². The predicted molar refractivity (Wildman–Crippen MR) is 80.2 cm³/mol. The minimum Gasteiger partial charge on any atom is -0.351 e. The lowest BCUT2D eigenvalue weighted by molar-refractivity contribution is 0.0952. The van der Waals surface area contributed by atoms with E-state index >= 15 is 0 Å². The first-order valence-corrected chi connectivity index (χ1v) is 6.75. The third-order valence-corrected chi connectivity index (χ3v) is 3.25. The number of hydrogen-bond acceptors (Lipinski definition) is 3. The Morgan fingerprint density at radius 3 is 2.75 bits per heavy atom. The number of rotatable bonds is 5. The van der Waals surface area contributed by atoms with E-state index < -0.39 is 0 Å². The Bertz CT molecular complexity index is 676. The van der Waals surface area contributed by atoms with Gasteiger partial charge in [0, 0.05) is 24.0 Å². The highest BCUT2D eigenvalue weighted by atomic mass is 16.2. The normalized spacial score (nSPS) is 10.7. The zero-order valence-electron chi connectivity index (χ0n) is 11.7. The standard InChI is InChI=1S/C15H19N3O2/c1-3-16-8-9-17-14(19)13-10(2)11-6-4-5-7-12(11)18-15(13)20/h4-7,16H,3,8-9H2,1-2H3,(H,17,19)(H,18,20). The average molecular weight is 273 g/mol. The molecule has 0 radical (unpaired) electrons. The summed E-state index contributed by atoms with van der Waals surface area (Å²) in [6.45, 7) is 5.84. The maximum Gasteiger partial charge on any atom is 0.261 e. The Balaban J connectivity index is 2.29. The van der Waals surface area contributed by atoms with Crippen LogP contribution in [0.15, 0.2) is 29.1 Å². The van der Waals surface area contributed by atoms with Crippen LogP contribution in [0.5, 0.6) is 0 Å². The lowest BCUT2D eigenvalue weighted by atomic mass is 10.0. The van der Waals surface area contributed by atoms with E-state index in [1.165, 1.54) is 0 Å². The summed E-state index contributed by atoms with van der Waals surface area (Å²) in [6.07, 6.45) is 0.